The maximum Gasteiger partial charge on any atom is 0.194 e. The Balaban J connectivity index is 1.65. The fourth-order valence-corrected chi connectivity index (χ4v) is 4.46. The van der Waals surface area contributed by atoms with Crippen LogP contribution in [0.4, 0.5) is 4.39 Å². The van der Waals surface area contributed by atoms with Crippen LogP contribution in [0.25, 0.3) is 11.0 Å². The van der Waals surface area contributed by atoms with E-state index in [1.165, 1.54) is 42.0 Å². The van der Waals surface area contributed by atoms with E-state index in [-0.39, 0.29) is 5.82 Å². The average Bonchev–Trinajstić information content (AvgIpc) is 3.06. The molecule has 0 amide bonds. The lowest BCUT2D eigenvalue weighted by atomic mass is 10.1. The van der Waals surface area contributed by atoms with Gasteiger partial charge >= 0.3 is 0 Å². The van der Waals surface area contributed by atoms with Crippen LogP contribution in [0.1, 0.15) is 47.2 Å². The maximum absolute atomic E-state index is 13.0. The number of aromatic nitrogens is 2. The predicted octanol–water partition coefficient (Wildman–Crippen LogP) is 4.55. The Labute approximate surface area is 144 Å². The van der Waals surface area contributed by atoms with Crippen molar-refractivity contribution in [1.29, 1.82) is 0 Å². The minimum atomic E-state index is -0.730. The second-order valence-electron chi connectivity index (χ2n) is 6.19. The molecule has 1 unspecified atom stereocenters. The second kappa shape index (κ2) is 6.49. The fourth-order valence-electron chi connectivity index (χ4n) is 3.27. The summed E-state index contributed by atoms with van der Waals surface area (Å²) >= 11 is 1.74. The van der Waals surface area contributed by atoms with Gasteiger partial charge in [0.15, 0.2) is 4.96 Å². The zero-order valence-corrected chi connectivity index (χ0v) is 14.1. The van der Waals surface area contributed by atoms with Gasteiger partial charge in [0.25, 0.3) is 0 Å². The Hall–Kier alpha value is -1.98. The van der Waals surface area contributed by atoms with Crippen LogP contribution in [-0.4, -0.2) is 14.5 Å². The number of thiazole rings is 1. The molecule has 1 aromatic carbocycles. The number of fused-ring (bicyclic) bond motifs is 3. The van der Waals surface area contributed by atoms with Crippen molar-refractivity contribution in [2.45, 2.75) is 38.2 Å². The summed E-state index contributed by atoms with van der Waals surface area (Å²) in [6, 6.07) is 6.23. The van der Waals surface area contributed by atoms with Crippen LogP contribution in [0.2, 0.25) is 0 Å². The molecule has 0 saturated heterocycles. The first-order valence-corrected chi connectivity index (χ1v) is 9.14. The number of aliphatic hydroxyl groups excluding tert-OH is 1. The average molecular weight is 342 g/mol. The Morgan fingerprint density at radius 3 is 2.79 bits per heavy atom. The highest BCUT2D eigenvalue weighted by atomic mass is 32.1. The number of hydrogen-bond acceptors (Lipinski definition) is 3. The molecule has 1 N–H and O–H groups in total. The van der Waals surface area contributed by atoms with Gasteiger partial charge in [-0.3, -0.25) is 4.40 Å². The van der Waals surface area contributed by atoms with Gasteiger partial charge in [-0.2, -0.15) is 0 Å². The van der Waals surface area contributed by atoms with Crippen molar-refractivity contribution in [1.82, 2.24) is 9.38 Å². The van der Waals surface area contributed by atoms with Crippen LogP contribution in [0.15, 0.2) is 36.5 Å². The van der Waals surface area contributed by atoms with Crippen LogP contribution in [0.5, 0.6) is 0 Å². The van der Waals surface area contributed by atoms with Gasteiger partial charge in [-0.25, -0.2) is 9.37 Å². The normalized spacial score (nSPS) is 16.4. The summed E-state index contributed by atoms with van der Waals surface area (Å²) in [7, 11) is 0. The molecule has 0 spiro atoms. The van der Waals surface area contributed by atoms with Gasteiger partial charge in [-0.1, -0.05) is 24.6 Å². The van der Waals surface area contributed by atoms with Gasteiger partial charge in [0, 0.05) is 10.6 Å². The monoisotopic (exact) mass is 342 g/mol. The number of aliphatic hydroxyl groups is 1. The zero-order chi connectivity index (χ0) is 16.5. The number of halogens is 1. The van der Waals surface area contributed by atoms with E-state index in [2.05, 4.69) is 9.38 Å². The number of hydrogen-bond donors (Lipinski definition) is 1. The van der Waals surface area contributed by atoms with Crippen LogP contribution in [-0.2, 0) is 12.8 Å². The third kappa shape index (κ3) is 2.89. The number of aryl methyl sites for hydroxylation is 2. The van der Waals surface area contributed by atoms with Crippen molar-refractivity contribution in [2.75, 3.05) is 0 Å². The summed E-state index contributed by atoms with van der Waals surface area (Å²) in [6.45, 7) is 0. The van der Waals surface area contributed by atoms with Crippen LogP contribution in [0, 0.1) is 5.82 Å². The molecule has 4 rings (SSSR count). The molecule has 3 nitrogen and oxygen atoms in total. The predicted molar refractivity (Wildman–Crippen MR) is 94.7 cm³/mol. The molecule has 1 aliphatic carbocycles. The topological polar surface area (TPSA) is 37.5 Å². The van der Waals surface area contributed by atoms with E-state index in [1.807, 2.05) is 6.08 Å². The Morgan fingerprint density at radius 2 is 1.96 bits per heavy atom. The molecule has 1 atom stereocenters. The van der Waals surface area contributed by atoms with E-state index in [0.29, 0.717) is 0 Å². The molecule has 24 heavy (non-hydrogen) atoms. The lowest BCUT2D eigenvalue weighted by molar-refractivity contribution is 0.223. The molecule has 0 aliphatic heterocycles. The van der Waals surface area contributed by atoms with Crippen LogP contribution in [0.3, 0.4) is 0 Å². The molecular weight excluding hydrogens is 323 g/mol. The van der Waals surface area contributed by atoms with Crippen molar-refractivity contribution < 1.29 is 9.50 Å². The van der Waals surface area contributed by atoms with Crippen LogP contribution >= 0.6 is 11.3 Å². The third-order valence-electron chi connectivity index (χ3n) is 4.52. The summed E-state index contributed by atoms with van der Waals surface area (Å²) < 4.78 is 15.1. The van der Waals surface area contributed by atoms with Crippen LogP contribution < -0.4 is 0 Å². The molecule has 1 aliphatic rings. The maximum atomic E-state index is 13.0. The molecule has 0 radical (unpaired) electrons. The lowest BCUT2D eigenvalue weighted by Gasteiger charge is -2.08. The van der Waals surface area contributed by atoms with Gasteiger partial charge in [0.05, 0.1) is 11.9 Å². The molecule has 0 saturated carbocycles. The highest BCUT2D eigenvalue weighted by molar-refractivity contribution is 7.17. The van der Waals surface area contributed by atoms with Gasteiger partial charge in [-0.05, 0) is 49.5 Å². The SMILES string of the molecule is OC(/C=C/c1ccc(F)cc1)c1cnc2sc3c(n12)CCCCC3. The molecule has 124 valence electrons. The number of rotatable bonds is 3. The molecule has 5 heteroatoms. The minimum Gasteiger partial charge on any atom is -0.383 e. The van der Waals surface area contributed by atoms with E-state index >= 15 is 0 Å². The first kappa shape index (κ1) is 15.5. The first-order chi connectivity index (χ1) is 11.7. The summed E-state index contributed by atoms with van der Waals surface area (Å²) in [5.41, 5.74) is 2.98. The van der Waals surface area contributed by atoms with Crippen molar-refractivity contribution in [3.8, 4) is 0 Å². The quantitative estimate of drug-likeness (QED) is 0.709. The molecule has 0 bridgehead atoms. The first-order valence-electron chi connectivity index (χ1n) is 8.32. The number of nitrogens with zero attached hydrogens (tertiary/aromatic N) is 2. The molecule has 2 aromatic heterocycles. The van der Waals surface area contributed by atoms with Crippen molar-refractivity contribution >= 4 is 22.4 Å². The van der Waals surface area contributed by atoms with Crippen molar-refractivity contribution in [3.63, 3.8) is 0 Å². The number of imidazole rings is 1. The van der Waals surface area contributed by atoms with Crippen molar-refractivity contribution in [2.24, 2.45) is 0 Å². The third-order valence-corrected chi connectivity index (χ3v) is 5.68. The lowest BCUT2D eigenvalue weighted by Crippen LogP contribution is -2.02. The Morgan fingerprint density at radius 1 is 1.17 bits per heavy atom. The minimum absolute atomic E-state index is 0.258. The Bertz CT molecular complexity index is 879. The van der Waals surface area contributed by atoms with Gasteiger partial charge < -0.3 is 5.11 Å². The van der Waals surface area contributed by atoms with E-state index in [9.17, 15) is 9.50 Å². The fraction of sp³-hybridized carbons (Fsp3) is 0.316. The van der Waals surface area contributed by atoms with Gasteiger partial charge in [0.2, 0.25) is 0 Å². The summed E-state index contributed by atoms with van der Waals surface area (Å²) in [5.74, 6) is -0.258. The number of benzene rings is 1. The zero-order valence-electron chi connectivity index (χ0n) is 13.3. The summed E-state index contributed by atoms with van der Waals surface area (Å²) in [5, 5.41) is 10.6. The van der Waals surface area contributed by atoms with E-state index < -0.39 is 6.10 Å². The summed E-state index contributed by atoms with van der Waals surface area (Å²) in [4.78, 5) is 6.85. The van der Waals surface area contributed by atoms with Gasteiger partial charge in [-0.15, -0.1) is 11.3 Å². The highest BCUT2D eigenvalue weighted by Gasteiger charge is 2.20. The van der Waals surface area contributed by atoms with E-state index in [0.717, 1.165) is 29.1 Å². The van der Waals surface area contributed by atoms with Crippen molar-refractivity contribution in [3.05, 3.63) is 64.2 Å². The summed E-state index contributed by atoms with van der Waals surface area (Å²) in [6.07, 6.45) is 10.4. The molecule has 2 heterocycles. The standard InChI is InChI=1S/C19H19FN2OS/c20-14-9-6-13(7-10-14)8-11-17(23)16-12-21-19-22(16)15-4-2-1-3-5-18(15)24-19/h6-12,17,23H,1-5H2/b11-8+. The molecule has 0 fully saturated rings. The molecular formula is C19H19FN2OS. The van der Waals surface area contributed by atoms with E-state index in [4.69, 9.17) is 0 Å². The highest BCUT2D eigenvalue weighted by Crippen LogP contribution is 2.32. The van der Waals surface area contributed by atoms with E-state index in [1.54, 1.807) is 35.7 Å². The Kier molecular flexibility index (Phi) is 4.21. The van der Waals surface area contributed by atoms with Gasteiger partial charge in [0.1, 0.15) is 11.9 Å². The smallest absolute Gasteiger partial charge is 0.194 e. The second-order valence-corrected chi connectivity index (χ2v) is 7.25. The largest absolute Gasteiger partial charge is 0.383 e. The molecule has 3 aromatic rings.